The van der Waals surface area contributed by atoms with Crippen LogP contribution in [0.4, 0.5) is 10.1 Å². The molecule has 3 heteroatoms. The molecular formula is C13H19FN2. The Morgan fingerprint density at radius 1 is 1.31 bits per heavy atom. The fraction of sp³-hybridized carbons (Fsp3) is 0.538. The minimum Gasteiger partial charge on any atom is -0.382 e. The Labute approximate surface area is 96.5 Å². The summed E-state index contributed by atoms with van der Waals surface area (Å²) in [5.74, 6) is -0.166. The van der Waals surface area contributed by atoms with E-state index in [4.69, 9.17) is 0 Å². The maximum Gasteiger partial charge on any atom is 0.125 e. The largest absolute Gasteiger partial charge is 0.382 e. The molecule has 0 amide bonds. The van der Waals surface area contributed by atoms with Crippen molar-refractivity contribution in [1.82, 2.24) is 4.90 Å². The van der Waals surface area contributed by atoms with Gasteiger partial charge in [0.2, 0.25) is 0 Å². The number of nitrogens with one attached hydrogen (secondary N) is 1. The van der Waals surface area contributed by atoms with Crippen LogP contribution in [0, 0.1) is 12.7 Å². The van der Waals surface area contributed by atoms with Gasteiger partial charge in [-0.05, 0) is 57.6 Å². The third kappa shape index (κ3) is 2.73. The maximum atomic E-state index is 13.1. The van der Waals surface area contributed by atoms with E-state index < -0.39 is 0 Å². The molecule has 2 nitrogen and oxygen atoms in total. The molecular weight excluding hydrogens is 203 g/mol. The van der Waals surface area contributed by atoms with Gasteiger partial charge in [0.25, 0.3) is 0 Å². The second kappa shape index (κ2) is 4.83. The van der Waals surface area contributed by atoms with Crippen LogP contribution in [0.2, 0.25) is 0 Å². The summed E-state index contributed by atoms with van der Waals surface area (Å²) >= 11 is 0. The van der Waals surface area contributed by atoms with E-state index >= 15 is 0 Å². The first-order valence-corrected chi connectivity index (χ1v) is 5.86. The number of halogens is 1. The van der Waals surface area contributed by atoms with E-state index in [0.29, 0.717) is 6.04 Å². The third-order valence-corrected chi connectivity index (χ3v) is 3.28. The second-order valence-electron chi connectivity index (χ2n) is 4.68. The predicted molar refractivity (Wildman–Crippen MR) is 65.3 cm³/mol. The van der Waals surface area contributed by atoms with Crippen LogP contribution in [-0.4, -0.2) is 31.1 Å². The topological polar surface area (TPSA) is 15.3 Å². The van der Waals surface area contributed by atoms with Gasteiger partial charge in [-0.15, -0.1) is 0 Å². The zero-order valence-electron chi connectivity index (χ0n) is 9.96. The van der Waals surface area contributed by atoms with E-state index in [1.807, 2.05) is 13.0 Å². The van der Waals surface area contributed by atoms with E-state index in [9.17, 15) is 4.39 Å². The van der Waals surface area contributed by atoms with Crippen molar-refractivity contribution in [2.75, 3.05) is 25.5 Å². The average molecular weight is 222 g/mol. The molecule has 2 rings (SSSR count). The molecule has 1 N–H and O–H groups in total. The maximum absolute atomic E-state index is 13.1. The van der Waals surface area contributed by atoms with Crippen molar-refractivity contribution in [2.24, 2.45) is 0 Å². The molecule has 0 aromatic heterocycles. The SMILES string of the molecule is Cc1ccc(F)cc1NC1CCN(C)CC1. The van der Waals surface area contributed by atoms with Gasteiger partial charge < -0.3 is 10.2 Å². The van der Waals surface area contributed by atoms with E-state index in [0.717, 1.165) is 37.2 Å². The van der Waals surface area contributed by atoms with Gasteiger partial charge >= 0.3 is 0 Å². The Balaban J connectivity index is 2.00. The Morgan fingerprint density at radius 2 is 2.00 bits per heavy atom. The summed E-state index contributed by atoms with van der Waals surface area (Å²) in [4.78, 5) is 2.33. The monoisotopic (exact) mass is 222 g/mol. The highest BCUT2D eigenvalue weighted by molar-refractivity contribution is 5.51. The smallest absolute Gasteiger partial charge is 0.125 e. The number of hydrogen-bond donors (Lipinski definition) is 1. The van der Waals surface area contributed by atoms with Crippen molar-refractivity contribution < 1.29 is 4.39 Å². The minimum absolute atomic E-state index is 0.166. The van der Waals surface area contributed by atoms with Gasteiger partial charge in [0.1, 0.15) is 5.82 Å². The molecule has 0 spiro atoms. The molecule has 0 saturated carbocycles. The fourth-order valence-electron chi connectivity index (χ4n) is 2.12. The Morgan fingerprint density at radius 3 is 2.69 bits per heavy atom. The molecule has 1 heterocycles. The molecule has 0 radical (unpaired) electrons. The van der Waals surface area contributed by atoms with Gasteiger partial charge in [0.15, 0.2) is 0 Å². The molecule has 1 aromatic rings. The summed E-state index contributed by atoms with van der Waals surface area (Å²) in [6.07, 6.45) is 2.26. The lowest BCUT2D eigenvalue weighted by Gasteiger charge is -2.30. The van der Waals surface area contributed by atoms with Crippen LogP contribution in [0.25, 0.3) is 0 Å². The average Bonchev–Trinajstić information content (AvgIpc) is 2.27. The number of anilines is 1. The molecule has 1 aromatic carbocycles. The van der Waals surface area contributed by atoms with Crippen LogP contribution < -0.4 is 5.32 Å². The van der Waals surface area contributed by atoms with E-state index in [1.165, 1.54) is 6.07 Å². The summed E-state index contributed by atoms with van der Waals surface area (Å²) in [5, 5.41) is 3.44. The quantitative estimate of drug-likeness (QED) is 0.827. The van der Waals surface area contributed by atoms with Crippen molar-refractivity contribution in [1.29, 1.82) is 0 Å². The van der Waals surface area contributed by atoms with Gasteiger partial charge in [-0.1, -0.05) is 6.07 Å². The number of aryl methyl sites for hydroxylation is 1. The van der Waals surface area contributed by atoms with Crippen LogP contribution in [0.15, 0.2) is 18.2 Å². The highest BCUT2D eigenvalue weighted by Gasteiger charge is 2.16. The summed E-state index contributed by atoms with van der Waals surface area (Å²) in [7, 11) is 2.14. The standard InChI is InChI=1S/C13H19FN2/c1-10-3-4-11(14)9-13(10)15-12-5-7-16(2)8-6-12/h3-4,9,12,15H,5-8H2,1-2H3. The molecule has 0 atom stereocenters. The zero-order chi connectivity index (χ0) is 11.5. The summed E-state index contributed by atoms with van der Waals surface area (Å²) in [5.41, 5.74) is 2.05. The number of likely N-dealkylation sites (tertiary alicyclic amines) is 1. The van der Waals surface area contributed by atoms with Gasteiger partial charge in [-0.3, -0.25) is 0 Å². The molecule has 1 fully saturated rings. The number of piperidine rings is 1. The van der Waals surface area contributed by atoms with Crippen LogP contribution in [0.5, 0.6) is 0 Å². The fourth-order valence-corrected chi connectivity index (χ4v) is 2.12. The predicted octanol–water partition coefficient (Wildman–Crippen LogP) is 2.64. The lowest BCUT2D eigenvalue weighted by atomic mass is 10.0. The Bertz CT molecular complexity index is 357. The summed E-state index contributed by atoms with van der Waals surface area (Å²) < 4.78 is 13.1. The van der Waals surface area contributed by atoms with Crippen molar-refractivity contribution in [3.05, 3.63) is 29.6 Å². The lowest BCUT2D eigenvalue weighted by molar-refractivity contribution is 0.264. The molecule has 1 aliphatic heterocycles. The highest BCUT2D eigenvalue weighted by Crippen LogP contribution is 2.20. The van der Waals surface area contributed by atoms with E-state index in [1.54, 1.807) is 6.07 Å². The number of rotatable bonds is 2. The lowest BCUT2D eigenvalue weighted by Crippen LogP contribution is -2.36. The van der Waals surface area contributed by atoms with Crippen LogP contribution in [0.3, 0.4) is 0 Å². The van der Waals surface area contributed by atoms with Crippen molar-refractivity contribution >= 4 is 5.69 Å². The highest BCUT2D eigenvalue weighted by atomic mass is 19.1. The van der Waals surface area contributed by atoms with Crippen LogP contribution in [0.1, 0.15) is 18.4 Å². The molecule has 88 valence electrons. The van der Waals surface area contributed by atoms with Crippen LogP contribution in [-0.2, 0) is 0 Å². The zero-order valence-corrected chi connectivity index (χ0v) is 9.96. The summed E-state index contributed by atoms with van der Waals surface area (Å²) in [6.45, 7) is 4.24. The number of nitrogens with zero attached hydrogens (tertiary/aromatic N) is 1. The third-order valence-electron chi connectivity index (χ3n) is 3.28. The Hall–Kier alpha value is -1.09. The first-order chi connectivity index (χ1) is 7.65. The number of hydrogen-bond acceptors (Lipinski definition) is 2. The molecule has 1 saturated heterocycles. The normalized spacial score (nSPS) is 18.7. The van der Waals surface area contributed by atoms with Crippen molar-refractivity contribution in [2.45, 2.75) is 25.8 Å². The molecule has 0 unspecified atom stereocenters. The van der Waals surface area contributed by atoms with Crippen molar-refractivity contribution in [3.63, 3.8) is 0 Å². The minimum atomic E-state index is -0.166. The molecule has 1 aliphatic rings. The molecule has 0 bridgehead atoms. The van der Waals surface area contributed by atoms with Crippen molar-refractivity contribution in [3.8, 4) is 0 Å². The van der Waals surface area contributed by atoms with Gasteiger partial charge in [0.05, 0.1) is 0 Å². The first kappa shape index (κ1) is 11.4. The van der Waals surface area contributed by atoms with Gasteiger partial charge in [-0.25, -0.2) is 4.39 Å². The van der Waals surface area contributed by atoms with Gasteiger partial charge in [-0.2, -0.15) is 0 Å². The van der Waals surface area contributed by atoms with E-state index in [-0.39, 0.29) is 5.82 Å². The van der Waals surface area contributed by atoms with Gasteiger partial charge in [0, 0.05) is 11.7 Å². The van der Waals surface area contributed by atoms with E-state index in [2.05, 4.69) is 17.3 Å². The second-order valence-corrected chi connectivity index (χ2v) is 4.68. The number of benzene rings is 1. The molecule has 16 heavy (non-hydrogen) atoms. The first-order valence-electron chi connectivity index (χ1n) is 5.86. The summed E-state index contributed by atoms with van der Waals surface area (Å²) in [6, 6.07) is 5.41. The molecule has 0 aliphatic carbocycles. The Kier molecular flexibility index (Phi) is 3.44. The van der Waals surface area contributed by atoms with Crippen LogP contribution >= 0.6 is 0 Å².